The number of halogens is 1. The van der Waals surface area contributed by atoms with E-state index < -0.39 is 17.2 Å². The van der Waals surface area contributed by atoms with Crippen molar-refractivity contribution >= 4 is 5.97 Å². The van der Waals surface area contributed by atoms with Crippen molar-refractivity contribution in [2.24, 2.45) is 0 Å². The first-order chi connectivity index (χ1) is 9.10. The molecular formula is C13H13FO5. The van der Waals surface area contributed by atoms with Gasteiger partial charge in [0.2, 0.25) is 6.79 Å². The maximum absolute atomic E-state index is 14.5. The fraction of sp³-hybridized carbons (Fsp3) is 0.462. The Hall–Kier alpha value is -1.98. The maximum Gasteiger partial charge on any atom is 0.314 e. The Bertz CT molecular complexity index is 550. The van der Waals surface area contributed by atoms with E-state index in [2.05, 4.69) is 0 Å². The second-order valence-electron chi connectivity index (χ2n) is 4.74. The number of carboxylic acids is 1. The van der Waals surface area contributed by atoms with Crippen molar-refractivity contribution in [2.75, 3.05) is 13.9 Å². The third-order valence-corrected chi connectivity index (χ3v) is 3.88. The second-order valence-corrected chi connectivity index (χ2v) is 4.74. The number of carbonyl (C=O) groups is 1. The molecule has 3 rings (SSSR count). The van der Waals surface area contributed by atoms with Gasteiger partial charge in [-0.25, -0.2) is 4.39 Å². The Morgan fingerprint density at radius 1 is 1.47 bits per heavy atom. The Morgan fingerprint density at radius 3 is 2.74 bits per heavy atom. The molecule has 1 aromatic carbocycles. The van der Waals surface area contributed by atoms with E-state index in [4.69, 9.17) is 14.2 Å². The first-order valence-electron chi connectivity index (χ1n) is 6.00. The lowest BCUT2D eigenvalue weighted by atomic mass is 9.64. The molecule has 1 aliphatic carbocycles. The molecule has 0 bridgehead atoms. The summed E-state index contributed by atoms with van der Waals surface area (Å²) < 4.78 is 29.9. The lowest BCUT2D eigenvalue weighted by Crippen LogP contribution is -2.43. The Balaban J connectivity index is 2.25. The van der Waals surface area contributed by atoms with Gasteiger partial charge in [-0.05, 0) is 12.8 Å². The summed E-state index contributed by atoms with van der Waals surface area (Å²) in [5, 5.41) is 9.45. The highest BCUT2D eigenvalue weighted by Gasteiger charge is 2.51. The molecule has 6 heteroatoms. The van der Waals surface area contributed by atoms with Crippen LogP contribution in [-0.4, -0.2) is 25.0 Å². The number of benzene rings is 1. The van der Waals surface area contributed by atoms with E-state index in [1.54, 1.807) is 0 Å². The summed E-state index contributed by atoms with van der Waals surface area (Å²) in [5.74, 6) is -1.20. The minimum atomic E-state index is -1.23. The standard InChI is InChI=1S/C13H13FO5/c1-17-7-5-8-11(19-6-18-8)9(10(7)14)13(12(15)16)3-2-4-13/h5H,2-4,6H2,1H3,(H,15,16). The van der Waals surface area contributed by atoms with Crippen LogP contribution in [0.5, 0.6) is 17.2 Å². The fourth-order valence-electron chi connectivity index (χ4n) is 2.67. The fourth-order valence-corrected chi connectivity index (χ4v) is 2.67. The maximum atomic E-state index is 14.5. The number of aliphatic carboxylic acids is 1. The Labute approximate surface area is 108 Å². The van der Waals surface area contributed by atoms with E-state index in [1.807, 2.05) is 0 Å². The van der Waals surface area contributed by atoms with E-state index in [1.165, 1.54) is 13.2 Å². The number of rotatable bonds is 3. The molecule has 1 N–H and O–H groups in total. The molecule has 5 nitrogen and oxygen atoms in total. The summed E-state index contributed by atoms with van der Waals surface area (Å²) in [6, 6.07) is 1.38. The molecule has 0 atom stereocenters. The number of ether oxygens (including phenoxy) is 3. The van der Waals surface area contributed by atoms with Gasteiger partial charge in [0.05, 0.1) is 18.1 Å². The van der Waals surface area contributed by atoms with Crippen LogP contribution in [0.2, 0.25) is 0 Å². The Kier molecular flexibility index (Phi) is 2.55. The predicted octanol–water partition coefficient (Wildman–Crippen LogP) is 2.07. The third kappa shape index (κ3) is 1.49. The lowest BCUT2D eigenvalue weighted by Gasteiger charge is -2.38. The van der Waals surface area contributed by atoms with Crippen molar-refractivity contribution in [3.8, 4) is 17.2 Å². The van der Waals surface area contributed by atoms with Crippen LogP contribution in [0, 0.1) is 5.82 Å². The van der Waals surface area contributed by atoms with Crippen LogP contribution in [0.1, 0.15) is 24.8 Å². The molecule has 1 fully saturated rings. The number of hydrogen-bond acceptors (Lipinski definition) is 4. The molecule has 0 spiro atoms. The van der Waals surface area contributed by atoms with Crippen molar-refractivity contribution in [1.82, 2.24) is 0 Å². The molecule has 0 unspecified atom stereocenters. The van der Waals surface area contributed by atoms with Crippen LogP contribution in [0.15, 0.2) is 6.07 Å². The van der Waals surface area contributed by atoms with E-state index >= 15 is 0 Å². The SMILES string of the molecule is COc1cc2c(c(C3(C(=O)O)CCC3)c1F)OCO2. The topological polar surface area (TPSA) is 65.0 Å². The first kappa shape index (κ1) is 12.1. The summed E-state index contributed by atoms with van der Waals surface area (Å²) in [4.78, 5) is 11.6. The molecule has 19 heavy (non-hydrogen) atoms. The van der Waals surface area contributed by atoms with Gasteiger partial charge in [-0.15, -0.1) is 0 Å². The van der Waals surface area contributed by atoms with Gasteiger partial charge >= 0.3 is 5.97 Å². The molecule has 1 heterocycles. The van der Waals surface area contributed by atoms with Crippen molar-refractivity contribution in [3.63, 3.8) is 0 Å². The van der Waals surface area contributed by atoms with Crippen molar-refractivity contribution in [2.45, 2.75) is 24.7 Å². The summed E-state index contributed by atoms with van der Waals surface area (Å²) >= 11 is 0. The molecule has 0 aromatic heterocycles. The largest absolute Gasteiger partial charge is 0.494 e. The molecule has 1 saturated carbocycles. The smallest absolute Gasteiger partial charge is 0.314 e. The van der Waals surface area contributed by atoms with Gasteiger partial charge in [0.25, 0.3) is 0 Å². The van der Waals surface area contributed by atoms with Gasteiger partial charge in [0.1, 0.15) is 0 Å². The second kappa shape index (κ2) is 4.01. The quantitative estimate of drug-likeness (QED) is 0.909. The minimum Gasteiger partial charge on any atom is -0.494 e. The first-order valence-corrected chi connectivity index (χ1v) is 6.00. The molecule has 102 valence electrons. The molecule has 0 amide bonds. The van der Waals surface area contributed by atoms with Gasteiger partial charge < -0.3 is 19.3 Å². The Morgan fingerprint density at radius 2 is 2.21 bits per heavy atom. The molecule has 0 saturated heterocycles. The molecule has 2 aliphatic rings. The van der Waals surface area contributed by atoms with Crippen molar-refractivity contribution in [3.05, 3.63) is 17.4 Å². The normalized spacial score (nSPS) is 18.8. The van der Waals surface area contributed by atoms with E-state index in [-0.39, 0.29) is 23.9 Å². The van der Waals surface area contributed by atoms with Gasteiger partial charge in [-0.2, -0.15) is 0 Å². The molecular weight excluding hydrogens is 255 g/mol. The van der Waals surface area contributed by atoms with E-state index in [9.17, 15) is 14.3 Å². The number of carboxylic acid groups (broad SMARTS) is 1. The number of methoxy groups -OCH3 is 1. The highest BCUT2D eigenvalue weighted by atomic mass is 19.1. The minimum absolute atomic E-state index is 0.0215. The van der Waals surface area contributed by atoms with Gasteiger partial charge in [0, 0.05) is 6.07 Å². The predicted molar refractivity (Wildman–Crippen MR) is 62.2 cm³/mol. The highest BCUT2D eigenvalue weighted by molar-refractivity contribution is 5.85. The van der Waals surface area contributed by atoms with Crippen molar-refractivity contribution in [1.29, 1.82) is 0 Å². The van der Waals surface area contributed by atoms with Gasteiger partial charge in [-0.3, -0.25) is 4.79 Å². The van der Waals surface area contributed by atoms with Crippen LogP contribution >= 0.6 is 0 Å². The third-order valence-electron chi connectivity index (χ3n) is 3.88. The summed E-state index contributed by atoms with van der Waals surface area (Å²) in [5.41, 5.74) is -1.17. The summed E-state index contributed by atoms with van der Waals surface area (Å²) in [6.07, 6.45) is 1.53. The van der Waals surface area contributed by atoms with Crippen LogP contribution in [0.4, 0.5) is 4.39 Å². The van der Waals surface area contributed by atoms with Crippen molar-refractivity contribution < 1.29 is 28.5 Å². The summed E-state index contributed by atoms with van der Waals surface area (Å²) in [6.45, 7) is -0.0371. The van der Waals surface area contributed by atoms with Crippen LogP contribution < -0.4 is 14.2 Å². The van der Waals surface area contributed by atoms with E-state index in [0.717, 1.165) is 6.42 Å². The summed E-state index contributed by atoms with van der Waals surface area (Å²) in [7, 11) is 1.33. The van der Waals surface area contributed by atoms with Gasteiger partial charge in [0.15, 0.2) is 23.1 Å². The number of fused-ring (bicyclic) bond motifs is 1. The highest BCUT2D eigenvalue weighted by Crippen LogP contribution is 2.54. The van der Waals surface area contributed by atoms with Crippen LogP contribution in [0.25, 0.3) is 0 Å². The zero-order chi connectivity index (χ0) is 13.6. The van der Waals surface area contributed by atoms with Crippen LogP contribution in [0.3, 0.4) is 0 Å². The van der Waals surface area contributed by atoms with Crippen LogP contribution in [-0.2, 0) is 10.2 Å². The number of hydrogen-bond donors (Lipinski definition) is 1. The average Bonchev–Trinajstić information content (AvgIpc) is 2.77. The lowest BCUT2D eigenvalue weighted by molar-refractivity contribution is -0.147. The molecule has 0 radical (unpaired) electrons. The van der Waals surface area contributed by atoms with Gasteiger partial charge in [-0.1, -0.05) is 6.42 Å². The zero-order valence-corrected chi connectivity index (χ0v) is 10.4. The molecule has 1 aromatic rings. The van der Waals surface area contributed by atoms with E-state index in [0.29, 0.717) is 18.6 Å². The average molecular weight is 268 g/mol. The zero-order valence-electron chi connectivity index (χ0n) is 10.4. The molecule has 1 aliphatic heterocycles. The monoisotopic (exact) mass is 268 g/mol.